The maximum atomic E-state index is 13.1. The summed E-state index contributed by atoms with van der Waals surface area (Å²) in [5.74, 6) is -0.907. The summed E-state index contributed by atoms with van der Waals surface area (Å²) >= 11 is 5.97. The van der Waals surface area contributed by atoms with Crippen LogP contribution in [-0.2, 0) is 16.9 Å². The van der Waals surface area contributed by atoms with Gasteiger partial charge < -0.3 is 5.32 Å². The number of carbonyl (C=O) groups excluding carboxylic acids is 2. The summed E-state index contributed by atoms with van der Waals surface area (Å²) in [6, 6.07) is 8.44. The lowest BCUT2D eigenvalue weighted by molar-refractivity contribution is -0.131. The Labute approximate surface area is 137 Å². The highest BCUT2D eigenvalue weighted by Gasteiger charge is 2.49. The Morgan fingerprint density at radius 1 is 1.30 bits per heavy atom. The highest BCUT2D eigenvalue weighted by atomic mass is 35.5. The number of halogens is 2. The quantitative estimate of drug-likeness (QED) is 0.879. The maximum Gasteiger partial charge on any atom is 0.325 e. The summed E-state index contributed by atoms with van der Waals surface area (Å²) in [5.41, 5.74) is -0.293. The molecule has 7 heteroatoms. The van der Waals surface area contributed by atoms with E-state index in [0.29, 0.717) is 11.3 Å². The molecule has 1 aromatic carbocycles. The third-order valence-electron chi connectivity index (χ3n) is 3.80. The van der Waals surface area contributed by atoms with Crippen molar-refractivity contribution in [2.75, 3.05) is 0 Å². The highest BCUT2D eigenvalue weighted by Crippen LogP contribution is 2.29. The summed E-state index contributed by atoms with van der Waals surface area (Å²) in [6.45, 7) is 1.56. The lowest BCUT2D eigenvalue weighted by atomic mass is 9.97. The summed E-state index contributed by atoms with van der Waals surface area (Å²) in [5, 5.41) is 2.82. The van der Waals surface area contributed by atoms with Crippen molar-refractivity contribution in [2.24, 2.45) is 0 Å². The molecule has 1 atom stereocenters. The molecule has 1 aliphatic heterocycles. The summed E-state index contributed by atoms with van der Waals surface area (Å²) in [6.07, 6.45) is 1.56. The lowest BCUT2D eigenvalue weighted by Gasteiger charge is -2.21. The molecule has 2 aromatic rings. The molecule has 0 aliphatic carbocycles. The van der Waals surface area contributed by atoms with Gasteiger partial charge in [0.05, 0.1) is 12.2 Å². The molecule has 1 aromatic heterocycles. The second-order valence-electron chi connectivity index (χ2n) is 5.40. The third-order valence-corrected chi connectivity index (χ3v) is 4.15. The van der Waals surface area contributed by atoms with E-state index in [1.807, 2.05) is 0 Å². The Hall–Kier alpha value is -2.47. The van der Waals surface area contributed by atoms with Crippen LogP contribution in [0.5, 0.6) is 0 Å². The highest BCUT2D eigenvalue weighted by molar-refractivity contribution is 6.31. The van der Waals surface area contributed by atoms with Crippen LogP contribution in [0.1, 0.15) is 18.2 Å². The number of nitrogens with one attached hydrogen (secondary N) is 1. The van der Waals surface area contributed by atoms with Gasteiger partial charge in [0.15, 0.2) is 5.54 Å². The van der Waals surface area contributed by atoms with Crippen LogP contribution in [0, 0.1) is 5.82 Å². The molecule has 3 rings (SSSR count). The molecule has 1 saturated heterocycles. The second-order valence-corrected chi connectivity index (χ2v) is 5.80. The number of rotatable bonds is 3. The third kappa shape index (κ3) is 2.66. The van der Waals surface area contributed by atoms with E-state index in [4.69, 9.17) is 11.6 Å². The van der Waals surface area contributed by atoms with Gasteiger partial charge in [0, 0.05) is 11.2 Å². The van der Waals surface area contributed by atoms with Crippen LogP contribution in [0.25, 0.3) is 0 Å². The van der Waals surface area contributed by atoms with Gasteiger partial charge in [0.25, 0.3) is 5.91 Å². The molecule has 0 radical (unpaired) electrons. The number of urea groups is 1. The fourth-order valence-corrected chi connectivity index (χ4v) is 2.72. The maximum absolute atomic E-state index is 13.1. The minimum atomic E-state index is -1.23. The van der Waals surface area contributed by atoms with Crippen LogP contribution in [0.4, 0.5) is 9.18 Å². The zero-order chi connectivity index (χ0) is 16.6. The number of carbonyl (C=O) groups is 2. The van der Waals surface area contributed by atoms with Gasteiger partial charge in [-0.3, -0.25) is 14.7 Å². The average Bonchev–Trinajstić information content (AvgIpc) is 2.75. The number of pyridine rings is 1. The van der Waals surface area contributed by atoms with E-state index in [-0.39, 0.29) is 11.6 Å². The minimum Gasteiger partial charge on any atom is -0.318 e. The molecule has 3 amide bonds. The molecular formula is C16H13ClFN3O2. The van der Waals surface area contributed by atoms with Crippen LogP contribution in [0.3, 0.4) is 0 Å². The molecule has 23 heavy (non-hydrogen) atoms. The fourth-order valence-electron chi connectivity index (χ4n) is 2.49. The number of hydrogen-bond donors (Lipinski definition) is 1. The monoisotopic (exact) mass is 333 g/mol. The van der Waals surface area contributed by atoms with Crippen molar-refractivity contribution >= 4 is 23.5 Å². The van der Waals surface area contributed by atoms with Gasteiger partial charge in [-0.15, -0.1) is 0 Å². The smallest absolute Gasteiger partial charge is 0.318 e. The largest absolute Gasteiger partial charge is 0.325 e. The molecule has 5 nitrogen and oxygen atoms in total. The number of amides is 3. The van der Waals surface area contributed by atoms with Gasteiger partial charge in [-0.2, -0.15) is 0 Å². The Bertz CT molecular complexity index is 784. The first-order valence-corrected chi connectivity index (χ1v) is 7.29. The molecular weight excluding hydrogens is 321 g/mol. The number of nitrogens with zero attached hydrogens (tertiary/aromatic N) is 2. The zero-order valence-electron chi connectivity index (χ0n) is 12.2. The Morgan fingerprint density at radius 2 is 2.09 bits per heavy atom. The van der Waals surface area contributed by atoms with Crippen molar-refractivity contribution < 1.29 is 14.0 Å². The van der Waals surface area contributed by atoms with Crippen molar-refractivity contribution in [3.8, 4) is 0 Å². The Morgan fingerprint density at radius 3 is 2.74 bits per heavy atom. The number of aromatic nitrogens is 1. The molecule has 2 heterocycles. The zero-order valence-corrected chi connectivity index (χ0v) is 13.0. The van der Waals surface area contributed by atoms with Gasteiger partial charge in [-0.1, -0.05) is 23.7 Å². The van der Waals surface area contributed by atoms with Crippen LogP contribution in [0.15, 0.2) is 42.6 Å². The second kappa shape index (κ2) is 5.62. The molecule has 1 N–H and O–H groups in total. The van der Waals surface area contributed by atoms with E-state index in [9.17, 15) is 14.0 Å². The van der Waals surface area contributed by atoms with Crippen molar-refractivity contribution in [3.05, 3.63) is 64.7 Å². The van der Waals surface area contributed by atoms with Crippen molar-refractivity contribution in [2.45, 2.75) is 19.0 Å². The van der Waals surface area contributed by atoms with E-state index in [2.05, 4.69) is 10.3 Å². The SMILES string of the molecule is C[C@@]1(c2ccccn2)NC(=O)N(Cc2ccc(F)cc2Cl)C1=O. The van der Waals surface area contributed by atoms with Crippen molar-refractivity contribution in [3.63, 3.8) is 0 Å². The number of hydrogen-bond acceptors (Lipinski definition) is 3. The van der Waals surface area contributed by atoms with E-state index in [0.717, 1.165) is 11.0 Å². The van der Waals surface area contributed by atoms with Gasteiger partial charge in [0.1, 0.15) is 5.82 Å². The van der Waals surface area contributed by atoms with Crippen LogP contribution >= 0.6 is 11.6 Å². The summed E-state index contributed by atoms with van der Waals surface area (Å²) in [4.78, 5) is 30.1. The van der Waals surface area contributed by atoms with E-state index < -0.39 is 23.3 Å². The van der Waals surface area contributed by atoms with Crippen LogP contribution in [-0.4, -0.2) is 21.8 Å². The molecule has 0 spiro atoms. The Balaban J connectivity index is 1.90. The molecule has 0 unspecified atom stereocenters. The molecule has 118 valence electrons. The van der Waals surface area contributed by atoms with Gasteiger partial charge in [-0.25, -0.2) is 9.18 Å². The Kier molecular flexibility index (Phi) is 3.77. The molecule has 0 saturated carbocycles. The van der Waals surface area contributed by atoms with Gasteiger partial charge in [-0.05, 0) is 36.8 Å². The minimum absolute atomic E-state index is 0.0355. The first-order valence-electron chi connectivity index (χ1n) is 6.91. The first-order chi connectivity index (χ1) is 10.9. The first kappa shape index (κ1) is 15.4. The van der Waals surface area contributed by atoms with E-state index in [1.165, 1.54) is 12.1 Å². The van der Waals surface area contributed by atoms with Gasteiger partial charge in [0.2, 0.25) is 0 Å². The standard InChI is InChI=1S/C16H13ClFN3O2/c1-16(13-4-2-3-7-19-13)14(22)21(15(23)20-16)9-10-5-6-11(18)8-12(10)17/h2-8H,9H2,1H3,(H,20,23)/t16-/m0/s1. The van der Waals surface area contributed by atoms with Crippen molar-refractivity contribution in [1.29, 1.82) is 0 Å². The fraction of sp³-hybridized carbons (Fsp3) is 0.188. The van der Waals surface area contributed by atoms with Gasteiger partial charge >= 0.3 is 6.03 Å². The van der Waals surface area contributed by atoms with Crippen LogP contribution < -0.4 is 5.32 Å². The van der Waals surface area contributed by atoms with Crippen molar-refractivity contribution in [1.82, 2.24) is 15.2 Å². The van der Waals surface area contributed by atoms with E-state index >= 15 is 0 Å². The van der Waals surface area contributed by atoms with Crippen LogP contribution in [0.2, 0.25) is 5.02 Å². The summed E-state index contributed by atoms with van der Waals surface area (Å²) < 4.78 is 13.1. The topological polar surface area (TPSA) is 62.3 Å². The molecule has 1 aliphatic rings. The van der Waals surface area contributed by atoms with E-state index in [1.54, 1.807) is 31.3 Å². The number of benzene rings is 1. The average molecular weight is 334 g/mol. The normalized spacial score (nSPS) is 20.7. The lowest BCUT2D eigenvalue weighted by Crippen LogP contribution is -2.41. The number of imide groups is 1. The summed E-state index contributed by atoms with van der Waals surface area (Å²) in [7, 11) is 0. The predicted octanol–water partition coefficient (Wildman–Crippen LogP) is 2.84. The molecule has 1 fully saturated rings. The molecule has 0 bridgehead atoms. The predicted molar refractivity (Wildman–Crippen MR) is 82.1 cm³/mol.